The van der Waals surface area contributed by atoms with Gasteiger partial charge in [0.2, 0.25) is 0 Å². The molecule has 0 aromatic heterocycles. The van der Waals surface area contributed by atoms with Gasteiger partial charge >= 0.3 is 0 Å². The molecule has 1 aromatic rings. The van der Waals surface area contributed by atoms with E-state index < -0.39 is 5.54 Å². The van der Waals surface area contributed by atoms with Crippen LogP contribution in [0.15, 0.2) is 30.3 Å². The topological polar surface area (TPSA) is 52.0 Å². The van der Waals surface area contributed by atoms with Crippen molar-refractivity contribution in [2.45, 2.75) is 25.4 Å². The molecule has 0 bridgehead atoms. The minimum Gasteiger partial charge on any atom is -0.326 e. The van der Waals surface area contributed by atoms with Crippen molar-refractivity contribution in [1.82, 2.24) is 0 Å². The molecule has 0 spiro atoms. The van der Waals surface area contributed by atoms with E-state index in [2.05, 4.69) is 0 Å². The fourth-order valence-corrected chi connectivity index (χ4v) is 1.06. The summed E-state index contributed by atoms with van der Waals surface area (Å²) in [5, 5.41) is 0. The summed E-state index contributed by atoms with van der Waals surface area (Å²) in [5.41, 5.74) is 12.5. The Morgan fingerprint density at radius 1 is 1.25 bits per heavy atom. The van der Waals surface area contributed by atoms with Gasteiger partial charge in [0.15, 0.2) is 0 Å². The molecule has 12 heavy (non-hydrogen) atoms. The van der Waals surface area contributed by atoms with Crippen molar-refractivity contribution in [1.29, 1.82) is 0 Å². The van der Waals surface area contributed by atoms with Gasteiger partial charge in [0.1, 0.15) is 0 Å². The molecule has 1 aromatic carbocycles. The smallest absolute Gasteiger partial charge is 0.0531 e. The van der Waals surface area contributed by atoms with Crippen LogP contribution in [0.5, 0.6) is 0 Å². The SMILES string of the molecule is C[C@H](N)[C@@](C)(N)c1ccccc1. The average molecular weight is 164 g/mol. The molecule has 0 fully saturated rings. The first-order valence-electron chi connectivity index (χ1n) is 4.15. The highest BCUT2D eigenvalue weighted by molar-refractivity contribution is 5.24. The van der Waals surface area contributed by atoms with Crippen molar-refractivity contribution in [3.63, 3.8) is 0 Å². The molecule has 2 nitrogen and oxygen atoms in total. The molecular weight excluding hydrogens is 148 g/mol. The van der Waals surface area contributed by atoms with Crippen LogP contribution in [0, 0.1) is 0 Å². The first-order valence-corrected chi connectivity index (χ1v) is 4.15. The number of hydrogen-bond donors (Lipinski definition) is 2. The molecule has 0 saturated heterocycles. The molecular formula is C10H16N2. The maximum atomic E-state index is 6.06. The summed E-state index contributed by atoms with van der Waals surface area (Å²) in [6.07, 6.45) is 0. The highest BCUT2D eigenvalue weighted by Gasteiger charge is 2.24. The Balaban J connectivity index is 2.98. The lowest BCUT2D eigenvalue weighted by Crippen LogP contribution is -2.48. The van der Waals surface area contributed by atoms with Crippen LogP contribution in [0.4, 0.5) is 0 Å². The fraction of sp³-hybridized carbons (Fsp3) is 0.400. The van der Waals surface area contributed by atoms with E-state index in [4.69, 9.17) is 11.5 Å². The van der Waals surface area contributed by atoms with E-state index in [0.29, 0.717) is 0 Å². The van der Waals surface area contributed by atoms with Gasteiger partial charge in [-0.15, -0.1) is 0 Å². The number of hydrogen-bond acceptors (Lipinski definition) is 2. The van der Waals surface area contributed by atoms with Gasteiger partial charge in [-0.2, -0.15) is 0 Å². The standard InChI is InChI=1S/C10H16N2/c1-8(11)10(2,12)9-6-4-3-5-7-9/h3-8H,11-12H2,1-2H3/t8-,10+/m0/s1. The summed E-state index contributed by atoms with van der Waals surface area (Å²) in [5.74, 6) is 0. The van der Waals surface area contributed by atoms with E-state index >= 15 is 0 Å². The summed E-state index contributed by atoms with van der Waals surface area (Å²) < 4.78 is 0. The maximum absolute atomic E-state index is 6.06. The summed E-state index contributed by atoms with van der Waals surface area (Å²) in [4.78, 5) is 0. The molecule has 4 N–H and O–H groups in total. The fourth-order valence-electron chi connectivity index (χ4n) is 1.06. The molecule has 0 heterocycles. The minimum atomic E-state index is -0.429. The van der Waals surface area contributed by atoms with Gasteiger partial charge in [-0.05, 0) is 19.4 Å². The van der Waals surface area contributed by atoms with E-state index in [1.54, 1.807) is 0 Å². The lowest BCUT2D eigenvalue weighted by atomic mass is 9.87. The monoisotopic (exact) mass is 164 g/mol. The Kier molecular flexibility index (Phi) is 2.50. The summed E-state index contributed by atoms with van der Waals surface area (Å²) >= 11 is 0. The van der Waals surface area contributed by atoms with Gasteiger partial charge in [0, 0.05) is 6.04 Å². The lowest BCUT2D eigenvalue weighted by molar-refractivity contribution is 0.410. The second-order valence-corrected chi connectivity index (χ2v) is 3.44. The van der Waals surface area contributed by atoms with Crippen molar-refractivity contribution >= 4 is 0 Å². The Bertz CT molecular complexity index is 239. The molecule has 0 aliphatic carbocycles. The van der Waals surface area contributed by atoms with Crippen molar-refractivity contribution < 1.29 is 0 Å². The Labute approximate surface area is 73.6 Å². The van der Waals surface area contributed by atoms with Crippen LogP contribution in [0.2, 0.25) is 0 Å². The quantitative estimate of drug-likeness (QED) is 0.690. The van der Waals surface area contributed by atoms with Crippen LogP contribution < -0.4 is 11.5 Å². The zero-order chi connectivity index (χ0) is 9.19. The molecule has 2 atom stereocenters. The van der Waals surface area contributed by atoms with Gasteiger partial charge in [0.05, 0.1) is 5.54 Å². The van der Waals surface area contributed by atoms with Crippen molar-refractivity contribution in [3.8, 4) is 0 Å². The molecule has 1 rings (SSSR count). The first kappa shape index (κ1) is 9.23. The summed E-state index contributed by atoms with van der Waals surface area (Å²) in [6, 6.07) is 9.89. The van der Waals surface area contributed by atoms with Crippen LogP contribution in [0.1, 0.15) is 19.4 Å². The van der Waals surface area contributed by atoms with Gasteiger partial charge in [-0.1, -0.05) is 30.3 Å². The predicted octanol–water partition coefficient (Wildman–Crippen LogP) is 1.21. The molecule has 0 aliphatic rings. The zero-order valence-electron chi connectivity index (χ0n) is 7.62. The van der Waals surface area contributed by atoms with Crippen molar-refractivity contribution in [3.05, 3.63) is 35.9 Å². The second kappa shape index (κ2) is 3.25. The molecule has 2 heteroatoms. The minimum absolute atomic E-state index is 0.0418. The third kappa shape index (κ3) is 1.65. The highest BCUT2D eigenvalue weighted by Crippen LogP contribution is 2.19. The Morgan fingerprint density at radius 3 is 2.17 bits per heavy atom. The first-order chi connectivity index (χ1) is 5.55. The molecule has 0 aliphatic heterocycles. The maximum Gasteiger partial charge on any atom is 0.0531 e. The Morgan fingerprint density at radius 2 is 1.75 bits per heavy atom. The Hall–Kier alpha value is -0.860. The van der Waals surface area contributed by atoms with Gasteiger partial charge in [-0.25, -0.2) is 0 Å². The largest absolute Gasteiger partial charge is 0.326 e. The third-order valence-electron chi connectivity index (χ3n) is 2.34. The van der Waals surface area contributed by atoms with Gasteiger partial charge in [-0.3, -0.25) is 0 Å². The van der Waals surface area contributed by atoms with E-state index in [1.165, 1.54) is 0 Å². The summed E-state index contributed by atoms with van der Waals surface area (Å²) in [7, 11) is 0. The van der Waals surface area contributed by atoms with Crippen LogP contribution in [-0.4, -0.2) is 6.04 Å². The number of nitrogens with two attached hydrogens (primary N) is 2. The van der Waals surface area contributed by atoms with E-state index in [-0.39, 0.29) is 6.04 Å². The normalized spacial score (nSPS) is 18.3. The van der Waals surface area contributed by atoms with Crippen LogP contribution >= 0.6 is 0 Å². The van der Waals surface area contributed by atoms with Crippen molar-refractivity contribution in [2.75, 3.05) is 0 Å². The van der Waals surface area contributed by atoms with Crippen LogP contribution in [0.25, 0.3) is 0 Å². The summed E-state index contributed by atoms with van der Waals surface area (Å²) in [6.45, 7) is 3.88. The molecule has 0 amide bonds. The number of rotatable bonds is 2. The molecule has 0 radical (unpaired) electrons. The van der Waals surface area contributed by atoms with Gasteiger partial charge in [0.25, 0.3) is 0 Å². The van der Waals surface area contributed by atoms with Crippen LogP contribution in [0.3, 0.4) is 0 Å². The lowest BCUT2D eigenvalue weighted by Gasteiger charge is -2.29. The number of benzene rings is 1. The van der Waals surface area contributed by atoms with E-state index in [9.17, 15) is 0 Å². The molecule has 66 valence electrons. The zero-order valence-corrected chi connectivity index (χ0v) is 7.62. The predicted molar refractivity (Wildman–Crippen MR) is 51.6 cm³/mol. The molecule has 0 unspecified atom stereocenters. The average Bonchev–Trinajstić information content (AvgIpc) is 2.06. The van der Waals surface area contributed by atoms with Crippen LogP contribution in [-0.2, 0) is 5.54 Å². The van der Waals surface area contributed by atoms with E-state index in [1.807, 2.05) is 44.2 Å². The van der Waals surface area contributed by atoms with Crippen molar-refractivity contribution in [2.24, 2.45) is 11.5 Å². The van der Waals surface area contributed by atoms with Gasteiger partial charge < -0.3 is 11.5 Å². The third-order valence-corrected chi connectivity index (χ3v) is 2.34. The van der Waals surface area contributed by atoms with E-state index in [0.717, 1.165) is 5.56 Å². The highest BCUT2D eigenvalue weighted by atomic mass is 14.8. The molecule has 0 saturated carbocycles. The second-order valence-electron chi connectivity index (χ2n) is 3.44.